The molecule has 6 nitrogen and oxygen atoms in total. The molecule has 0 bridgehead atoms. The summed E-state index contributed by atoms with van der Waals surface area (Å²) in [5, 5.41) is 3.70. The molecule has 0 unspecified atom stereocenters. The Labute approximate surface area is 155 Å². The molecule has 0 spiro atoms. The zero-order valence-corrected chi connectivity index (χ0v) is 16.2. The monoisotopic (exact) mass is 389 g/mol. The SMILES string of the molecule is Cc1ccc(C)n1-c1nc2ccc(C(=O)N[C@H]3CCS(=O)(=O)C3)cc2s1. The first kappa shape index (κ1) is 17.2. The van der Waals surface area contributed by atoms with Gasteiger partial charge in [-0.25, -0.2) is 13.4 Å². The molecular formula is C18H19N3O3S2. The van der Waals surface area contributed by atoms with E-state index in [2.05, 4.69) is 27.0 Å². The number of sulfone groups is 1. The predicted molar refractivity (Wildman–Crippen MR) is 103 cm³/mol. The minimum atomic E-state index is -3.01. The number of carbonyl (C=O) groups excluding carboxylic acids is 1. The van der Waals surface area contributed by atoms with Crippen LogP contribution in [0.15, 0.2) is 30.3 Å². The van der Waals surface area contributed by atoms with Crippen molar-refractivity contribution in [3.63, 3.8) is 0 Å². The van der Waals surface area contributed by atoms with Crippen LogP contribution < -0.4 is 5.32 Å². The van der Waals surface area contributed by atoms with Crippen LogP contribution in [0.2, 0.25) is 0 Å². The van der Waals surface area contributed by atoms with Gasteiger partial charge in [-0.2, -0.15) is 0 Å². The number of fused-ring (bicyclic) bond motifs is 1. The Morgan fingerprint density at radius 1 is 1.23 bits per heavy atom. The molecule has 4 rings (SSSR count). The highest BCUT2D eigenvalue weighted by molar-refractivity contribution is 7.91. The topological polar surface area (TPSA) is 81.1 Å². The van der Waals surface area contributed by atoms with Gasteiger partial charge in [0.15, 0.2) is 15.0 Å². The maximum atomic E-state index is 12.5. The van der Waals surface area contributed by atoms with E-state index < -0.39 is 9.84 Å². The lowest BCUT2D eigenvalue weighted by molar-refractivity contribution is 0.0941. The fourth-order valence-corrected chi connectivity index (χ4v) is 6.09. The molecular weight excluding hydrogens is 370 g/mol. The highest BCUT2D eigenvalue weighted by Crippen LogP contribution is 2.28. The van der Waals surface area contributed by atoms with Gasteiger partial charge in [0.05, 0.1) is 21.7 Å². The van der Waals surface area contributed by atoms with Crippen LogP contribution in [0, 0.1) is 13.8 Å². The van der Waals surface area contributed by atoms with E-state index in [9.17, 15) is 13.2 Å². The number of aryl methyl sites for hydroxylation is 2. The average molecular weight is 390 g/mol. The number of nitrogens with one attached hydrogen (secondary N) is 1. The summed E-state index contributed by atoms with van der Waals surface area (Å²) in [4.78, 5) is 17.1. The second-order valence-corrected chi connectivity index (χ2v) is 9.94. The van der Waals surface area contributed by atoms with E-state index in [4.69, 9.17) is 0 Å². The van der Waals surface area contributed by atoms with E-state index >= 15 is 0 Å². The van der Waals surface area contributed by atoms with E-state index in [0.29, 0.717) is 12.0 Å². The number of aromatic nitrogens is 2. The number of hydrogen-bond donors (Lipinski definition) is 1. The number of rotatable bonds is 3. The van der Waals surface area contributed by atoms with Crippen LogP contribution in [-0.2, 0) is 9.84 Å². The van der Waals surface area contributed by atoms with Gasteiger partial charge in [0.2, 0.25) is 0 Å². The summed E-state index contributed by atoms with van der Waals surface area (Å²) >= 11 is 1.53. The molecule has 0 saturated carbocycles. The molecule has 1 fully saturated rings. The smallest absolute Gasteiger partial charge is 0.251 e. The minimum Gasteiger partial charge on any atom is -0.348 e. The fraction of sp³-hybridized carbons (Fsp3) is 0.333. The van der Waals surface area contributed by atoms with Crippen molar-refractivity contribution in [1.82, 2.24) is 14.9 Å². The molecule has 1 N–H and O–H groups in total. The third kappa shape index (κ3) is 3.14. The van der Waals surface area contributed by atoms with Crippen LogP contribution in [0.3, 0.4) is 0 Å². The minimum absolute atomic E-state index is 0.0257. The van der Waals surface area contributed by atoms with Crippen molar-refractivity contribution >= 4 is 37.3 Å². The number of benzene rings is 1. The summed E-state index contributed by atoms with van der Waals surface area (Å²) in [5.74, 6) is -0.0694. The van der Waals surface area contributed by atoms with E-state index in [1.54, 1.807) is 6.07 Å². The Balaban J connectivity index is 1.61. The van der Waals surface area contributed by atoms with Crippen LogP contribution in [0.4, 0.5) is 0 Å². The molecule has 1 saturated heterocycles. The zero-order valence-electron chi connectivity index (χ0n) is 14.5. The molecule has 1 aliphatic rings. The highest BCUT2D eigenvalue weighted by Gasteiger charge is 2.29. The van der Waals surface area contributed by atoms with E-state index in [-0.39, 0.29) is 23.5 Å². The van der Waals surface area contributed by atoms with Gasteiger partial charge >= 0.3 is 0 Å². The normalized spacial score (nSPS) is 19.1. The molecule has 1 amide bonds. The van der Waals surface area contributed by atoms with Gasteiger partial charge in [-0.05, 0) is 50.6 Å². The predicted octanol–water partition coefficient (Wildman–Crippen LogP) is 2.62. The molecule has 26 heavy (non-hydrogen) atoms. The third-order valence-electron chi connectivity index (χ3n) is 4.67. The van der Waals surface area contributed by atoms with E-state index in [1.165, 1.54) is 11.3 Å². The summed E-state index contributed by atoms with van der Waals surface area (Å²) in [6, 6.07) is 9.20. The fourth-order valence-electron chi connectivity index (χ4n) is 3.30. The van der Waals surface area contributed by atoms with Gasteiger partial charge < -0.3 is 5.32 Å². The molecule has 3 aromatic rings. The summed E-state index contributed by atoms with van der Waals surface area (Å²) < 4.78 is 26.1. The van der Waals surface area contributed by atoms with Crippen molar-refractivity contribution in [2.45, 2.75) is 26.3 Å². The average Bonchev–Trinajstić information content (AvgIpc) is 3.23. The number of thiazole rings is 1. The molecule has 2 aromatic heterocycles. The number of amides is 1. The van der Waals surface area contributed by atoms with Crippen LogP contribution in [0.5, 0.6) is 0 Å². The Morgan fingerprint density at radius 2 is 1.96 bits per heavy atom. The molecule has 0 aliphatic carbocycles. The Kier molecular flexibility index (Phi) is 4.11. The van der Waals surface area contributed by atoms with Crippen molar-refractivity contribution in [2.75, 3.05) is 11.5 Å². The molecule has 136 valence electrons. The first-order valence-corrected chi connectivity index (χ1v) is 11.0. The standard InChI is InChI=1S/C18H19N3O3S2/c1-11-3-4-12(2)21(11)18-20-15-6-5-13(9-16(15)25-18)17(22)19-14-7-8-26(23,24)10-14/h3-6,9,14H,7-8,10H2,1-2H3,(H,19,22)/t14-/m0/s1. The maximum Gasteiger partial charge on any atom is 0.251 e. The second kappa shape index (κ2) is 6.21. The quantitative estimate of drug-likeness (QED) is 0.747. The van der Waals surface area contributed by atoms with Gasteiger partial charge in [0.25, 0.3) is 5.91 Å². The van der Waals surface area contributed by atoms with Crippen molar-refractivity contribution in [2.24, 2.45) is 0 Å². The van der Waals surface area contributed by atoms with Crippen LogP contribution >= 0.6 is 11.3 Å². The maximum absolute atomic E-state index is 12.5. The Morgan fingerprint density at radius 3 is 2.62 bits per heavy atom. The number of nitrogens with zero attached hydrogens (tertiary/aromatic N) is 2. The Bertz CT molecular complexity index is 1090. The van der Waals surface area contributed by atoms with Gasteiger partial charge in [-0.3, -0.25) is 9.36 Å². The summed E-state index contributed by atoms with van der Waals surface area (Å²) in [5.41, 5.74) is 3.60. The van der Waals surface area contributed by atoms with Crippen molar-refractivity contribution in [1.29, 1.82) is 0 Å². The summed E-state index contributed by atoms with van der Waals surface area (Å²) in [6.45, 7) is 4.07. The highest BCUT2D eigenvalue weighted by atomic mass is 32.2. The molecule has 8 heteroatoms. The zero-order chi connectivity index (χ0) is 18.5. The molecule has 1 aromatic carbocycles. The van der Waals surface area contributed by atoms with Gasteiger partial charge in [0, 0.05) is 23.0 Å². The van der Waals surface area contributed by atoms with Gasteiger partial charge in [0.1, 0.15) is 0 Å². The Hall–Kier alpha value is -2.19. The molecule has 1 aliphatic heterocycles. The molecule has 1 atom stereocenters. The van der Waals surface area contributed by atoms with E-state index in [1.807, 2.05) is 26.0 Å². The van der Waals surface area contributed by atoms with Crippen LogP contribution in [-0.4, -0.2) is 41.4 Å². The largest absolute Gasteiger partial charge is 0.348 e. The lowest BCUT2D eigenvalue weighted by Crippen LogP contribution is -2.35. The van der Waals surface area contributed by atoms with Crippen molar-refractivity contribution in [3.8, 4) is 5.13 Å². The second-order valence-electron chi connectivity index (χ2n) is 6.70. The lowest BCUT2D eigenvalue weighted by atomic mass is 10.2. The van der Waals surface area contributed by atoms with E-state index in [0.717, 1.165) is 26.7 Å². The first-order valence-electron chi connectivity index (χ1n) is 8.39. The lowest BCUT2D eigenvalue weighted by Gasteiger charge is -2.10. The van der Waals surface area contributed by atoms with Gasteiger partial charge in [-0.1, -0.05) is 11.3 Å². The molecule has 3 heterocycles. The first-order chi connectivity index (χ1) is 12.3. The molecule has 0 radical (unpaired) electrons. The number of carbonyl (C=O) groups is 1. The van der Waals surface area contributed by atoms with Crippen LogP contribution in [0.1, 0.15) is 28.2 Å². The van der Waals surface area contributed by atoms with Crippen molar-refractivity contribution < 1.29 is 13.2 Å². The third-order valence-corrected chi connectivity index (χ3v) is 7.44. The van der Waals surface area contributed by atoms with Crippen molar-refractivity contribution in [3.05, 3.63) is 47.3 Å². The van der Waals surface area contributed by atoms with Gasteiger partial charge in [-0.15, -0.1) is 0 Å². The summed E-state index contributed by atoms with van der Waals surface area (Å²) in [7, 11) is -3.01. The number of hydrogen-bond acceptors (Lipinski definition) is 5. The van der Waals surface area contributed by atoms with Crippen LogP contribution in [0.25, 0.3) is 15.3 Å². The summed E-state index contributed by atoms with van der Waals surface area (Å²) in [6.07, 6.45) is 0.479.